The Bertz CT molecular complexity index is 342. The zero-order valence-corrected chi connectivity index (χ0v) is 12.2. The van der Waals surface area contributed by atoms with Gasteiger partial charge in [0, 0.05) is 19.0 Å². The average Bonchev–Trinajstić information content (AvgIpc) is 2.25. The summed E-state index contributed by atoms with van der Waals surface area (Å²) < 4.78 is 5.78. The van der Waals surface area contributed by atoms with Crippen LogP contribution in [0, 0.1) is 10.8 Å². The zero-order chi connectivity index (χ0) is 13.4. The van der Waals surface area contributed by atoms with Gasteiger partial charge < -0.3 is 9.64 Å². The second-order valence-corrected chi connectivity index (χ2v) is 6.85. The Balaban J connectivity index is 3.25. The first-order chi connectivity index (χ1) is 7.53. The van der Waals surface area contributed by atoms with Gasteiger partial charge in [-0.2, -0.15) is 0 Å². The fraction of sp³-hybridized carbons (Fsp3) is 0.786. The van der Waals surface area contributed by atoms with Crippen molar-refractivity contribution in [1.82, 2.24) is 4.90 Å². The van der Waals surface area contributed by atoms with Crippen molar-refractivity contribution in [3.8, 4) is 0 Å². The van der Waals surface area contributed by atoms with E-state index in [1.807, 2.05) is 7.05 Å². The van der Waals surface area contributed by atoms with Gasteiger partial charge in [-0.05, 0) is 11.0 Å². The number of rotatable bonds is 0. The van der Waals surface area contributed by atoms with Crippen molar-refractivity contribution in [2.45, 2.75) is 41.5 Å². The topological polar surface area (TPSA) is 29.5 Å². The van der Waals surface area contributed by atoms with Crippen molar-refractivity contribution in [3.63, 3.8) is 0 Å². The largest absolute Gasteiger partial charge is 0.488 e. The van der Waals surface area contributed by atoms with Gasteiger partial charge in [0.2, 0.25) is 0 Å². The molecule has 0 aromatic heterocycles. The van der Waals surface area contributed by atoms with E-state index in [1.54, 1.807) is 4.90 Å². The van der Waals surface area contributed by atoms with Crippen LogP contribution >= 0.6 is 0 Å². The third-order valence-electron chi connectivity index (χ3n) is 3.02. The van der Waals surface area contributed by atoms with E-state index in [0.717, 1.165) is 5.76 Å². The lowest BCUT2D eigenvalue weighted by Crippen LogP contribution is -2.31. The number of carbonyl (C=O) groups excluding carboxylic acids is 1. The lowest BCUT2D eigenvalue weighted by Gasteiger charge is -2.31. The quantitative estimate of drug-likeness (QED) is 0.650. The molecule has 0 unspecified atom stereocenters. The molecule has 1 amide bonds. The monoisotopic (exact) mass is 239 g/mol. The third-order valence-corrected chi connectivity index (χ3v) is 3.02. The van der Waals surface area contributed by atoms with Crippen molar-refractivity contribution in [2.75, 3.05) is 20.2 Å². The van der Waals surface area contributed by atoms with Crippen molar-refractivity contribution in [1.29, 1.82) is 0 Å². The summed E-state index contributed by atoms with van der Waals surface area (Å²) >= 11 is 0. The molecule has 0 saturated heterocycles. The molecule has 0 saturated carbocycles. The highest BCUT2D eigenvalue weighted by molar-refractivity contribution is 5.78. The Hall–Kier alpha value is -0.990. The molecule has 1 rings (SSSR count). The van der Waals surface area contributed by atoms with Crippen LogP contribution in [0.4, 0.5) is 0 Å². The molecule has 3 heteroatoms. The third kappa shape index (κ3) is 3.24. The van der Waals surface area contributed by atoms with Crippen molar-refractivity contribution >= 4 is 5.91 Å². The zero-order valence-electron chi connectivity index (χ0n) is 12.2. The summed E-state index contributed by atoms with van der Waals surface area (Å²) in [5, 5.41) is 0. The van der Waals surface area contributed by atoms with Crippen molar-refractivity contribution in [3.05, 3.63) is 11.3 Å². The van der Waals surface area contributed by atoms with Crippen LogP contribution in [-0.2, 0) is 9.53 Å². The lowest BCUT2D eigenvalue weighted by molar-refractivity contribution is -0.132. The molecular weight excluding hydrogens is 214 g/mol. The number of nitrogens with zero attached hydrogens (tertiary/aromatic N) is 1. The van der Waals surface area contributed by atoms with E-state index in [2.05, 4.69) is 41.5 Å². The first-order valence-electron chi connectivity index (χ1n) is 6.14. The molecule has 0 spiro atoms. The van der Waals surface area contributed by atoms with Crippen LogP contribution in [0.3, 0.4) is 0 Å². The lowest BCUT2D eigenvalue weighted by atomic mass is 9.79. The molecule has 0 aliphatic carbocycles. The van der Waals surface area contributed by atoms with Gasteiger partial charge in [0.1, 0.15) is 5.76 Å². The normalized spacial score (nSPS) is 19.2. The van der Waals surface area contributed by atoms with E-state index in [0.29, 0.717) is 6.54 Å². The van der Waals surface area contributed by atoms with Crippen LogP contribution in [0.2, 0.25) is 0 Å². The molecule has 17 heavy (non-hydrogen) atoms. The first-order valence-corrected chi connectivity index (χ1v) is 6.14. The Morgan fingerprint density at radius 2 is 1.59 bits per heavy atom. The van der Waals surface area contributed by atoms with Gasteiger partial charge in [0.25, 0.3) is 5.91 Å². The molecule has 1 aliphatic rings. The summed E-state index contributed by atoms with van der Waals surface area (Å²) in [6, 6.07) is 0. The molecule has 0 fully saturated rings. The minimum atomic E-state index is -0.0614. The number of amides is 1. The minimum Gasteiger partial charge on any atom is -0.488 e. The fourth-order valence-corrected chi connectivity index (χ4v) is 1.98. The number of likely N-dealkylation sites (N-methyl/N-ethyl adjacent to an activating group) is 1. The van der Waals surface area contributed by atoms with Gasteiger partial charge in [-0.25, -0.2) is 0 Å². The molecule has 0 bridgehead atoms. The van der Waals surface area contributed by atoms with Gasteiger partial charge in [0.15, 0.2) is 6.61 Å². The Morgan fingerprint density at radius 3 is 2.00 bits per heavy atom. The highest BCUT2D eigenvalue weighted by atomic mass is 16.5. The average molecular weight is 239 g/mol. The number of ether oxygens (including phenoxy) is 1. The van der Waals surface area contributed by atoms with Gasteiger partial charge in [-0.1, -0.05) is 41.5 Å². The van der Waals surface area contributed by atoms with Crippen LogP contribution in [0.15, 0.2) is 11.3 Å². The molecule has 0 aromatic carbocycles. The highest BCUT2D eigenvalue weighted by Crippen LogP contribution is 2.38. The molecule has 0 atom stereocenters. The summed E-state index contributed by atoms with van der Waals surface area (Å²) in [5.74, 6) is 1.02. The van der Waals surface area contributed by atoms with Gasteiger partial charge >= 0.3 is 0 Å². The SMILES string of the molecule is CN1CC(C(C)(C)C)=C(C(C)(C)C)OCC1=O. The molecule has 1 aliphatic heterocycles. The predicted octanol–water partition coefficient (Wildman–Crippen LogP) is 2.82. The summed E-state index contributed by atoms with van der Waals surface area (Å²) in [7, 11) is 1.84. The summed E-state index contributed by atoms with van der Waals surface area (Å²) in [4.78, 5) is 13.5. The molecule has 1 heterocycles. The number of hydrogen-bond donors (Lipinski definition) is 0. The summed E-state index contributed by atoms with van der Waals surface area (Å²) in [6.45, 7) is 13.7. The molecule has 98 valence electrons. The minimum absolute atomic E-state index is 0.0154. The molecule has 0 N–H and O–H groups in total. The van der Waals surface area contributed by atoms with Gasteiger partial charge in [-0.15, -0.1) is 0 Å². The van der Waals surface area contributed by atoms with Crippen molar-refractivity contribution in [2.24, 2.45) is 10.8 Å². The standard InChI is InChI=1S/C14H25NO2/c1-13(2,3)10-8-15(7)11(16)9-17-12(10)14(4,5)6/h8-9H2,1-7H3. The molecule has 0 radical (unpaired) electrons. The van der Waals surface area contributed by atoms with E-state index in [-0.39, 0.29) is 23.3 Å². The van der Waals surface area contributed by atoms with E-state index >= 15 is 0 Å². The Morgan fingerprint density at radius 1 is 1.06 bits per heavy atom. The Labute approximate surface area is 105 Å². The van der Waals surface area contributed by atoms with Crippen LogP contribution in [0.25, 0.3) is 0 Å². The second kappa shape index (κ2) is 4.35. The van der Waals surface area contributed by atoms with E-state index in [1.165, 1.54) is 5.57 Å². The smallest absolute Gasteiger partial charge is 0.260 e. The first kappa shape index (κ1) is 14.1. The van der Waals surface area contributed by atoms with E-state index in [4.69, 9.17) is 4.74 Å². The highest BCUT2D eigenvalue weighted by Gasteiger charge is 2.33. The molecular formula is C14H25NO2. The van der Waals surface area contributed by atoms with Crippen LogP contribution in [-0.4, -0.2) is 31.0 Å². The van der Waals surface area contributed by atoms with Crippen molar-refractivity contribution < 1.29 is 9.53 Å². The van der Waals surface area contributed by atoms with Crippen LogP contribution in [0.1, 0.15) is 41.5 Å². The summed E-state index contributed by atoms with van der Waals surface area (Å²) in [5.41, 5.74) is 1.17. The van der Waals surface area contributed by atoms with E-state index in [9.17, 15) is 4.79 Å². The van der Waals surface area contributed by atoms with Crippen LogP contribution < -0.4 is 0 Å². The predicted molar refractivity (Wildman–Crippen MR) is 69.5 cm³/mol. The maximum Gasteiger partial charge on any atom is 0.260 e. The second-order valence-electron chi connectivity index (χ2n) is 6.85. The maximum absolute atomic E-state index is 11.7. The fourth-order valence-electron chi connectivity index (χ4n) is 1.98. The summed E-state index contributed by atoms with van der Waals surface area (Å²) in [6.07, 6.45) is 0. The molecule has 3 nitrogen and oxygen atoms in total. The number of hydrogen-bond acceptors (Lipinski definition) is 2. The number of allylic oxidation sites excluding steroid dienone is 1. The molecule has 0 aromatic rings. The Kier molecular flexibility index (Phi) is 3.60. The van der Waals surface area contributed by atoms with Gasteiger partial charge in [0.05, 0.1) is 0 Å². The van der Waals surface area contributed by atoms with Gasteiger partial charge in [-0.3, -0.25) is 4.79 Å². The maximum atomic E-state index is 11.7. The van der Waals surface area contributed by atoms with E-state index < -0.39 is 0 Å². The van der Waals surface area contributed by atoms with Crippen LogP contribution in [0.5, 0.6) is 0 Å². The number of carbonyl (C=O) groups is 1.